The molecule has 134 valence electrons. The van der Waals surface area contributed by atoms with Crippen LogP contribution in [0.25, 0.3) is 5.69 Å². The Bertz CT molecular complexity index is 917. The Hall–Kier alpha value is -1.86. The molecule has 25 heavy (non-hydrogen) atoms. The molecule has 6 nitrogen and oxygen atoms in total. The average Bonchev–Trinajstić information content (AvgIpc) is 3.01. The summed E-state index contributed by atoms with van der Waals surface area (Å²) in [5.41, 5.74) is 1.73. The normalized spacial score (nSPS) is 15.4. The van der Waals surface area contributed by atoms with Crippen molar-refractivity contribution in [2.24, 2.45) is 5.92 Å². The predicted molar refractivity (Wildman–Crippen MR) is 97.6 cm³/mol. The third-order valence-corrected chi connectivity index (χ3v) is 6.12. The summed E-state index contributed by atoms with van der Waals surface area (Å²) in [7, 11) is -3.21. The smallest absolute Gasteiger partial charge is 0.228 e. The second-order valence-electron chi connectivity index (χ2n) is 6.20. The Labute approximate surface area is 152 Å². The lowest BCUT2D eigenvalue weighted by molar-refractivity contribution is -0.120. The Morgan fingerprint density at radius 2 is 2.04 bits per heavy atom. The molecule has 0 atom stereocenters. The molecule has 0 radical (unpaired) electrons. The van der Waals surface area contributed by atoms with Gasteiger partial charge in [0.05, 0.1) is 22.9 Å². The molecule has 0 bridgehead atoms. The molecule has 1 aromatic heterocycles. The van der Waals surface area contributed by atoms with Gasteiger partial charge in [-0.3, -0.25) is 4.79 Å². The first kappa shape index (κ1) is 17.9. The van der Waals surface area contributed by atoms with Crippen molar-refractivity contribution in [2.75, 3.05) is 5.32 Å². The van der Waals surface area contributed by atoms with Gasteiger partial charge in [-0.05, 0) is 31.0 Å². The van der Waals surface area contributed by atoms with Crippen LogP contribution in [0.5, 0.6) is 0 Å². The number of halogens is 1. The van der Waals surface area contributed by atoms with Crippen LogP contribution in [0, 0.1) is 5.92 Å². The molecule has 0 spiro atoms. The van der Waals surface area contributed by atoms with Gasteiger partial charge in [0.2, 0.25) is 5.91 Å². The molecule has 1 aliphatic rings. The largest absolute Gasteiger partial charge is 0.310 e. The van der Waals surface area contributed by atoms with E-state index in [0.29, 0.717) is 40.6 Å². The number of rotatable bonds is 5. The van der Waals surface area contributed by atoms with Crippen LogP contribution in [-0.4, -0.2) is 24.1 Å². The Kier molecular flexibility index (Phi) is 4.88. The zero-order valence-corrected chi connectivity index (χ0v) is 15.7. The number of benzene rings is 1. The van der Waals surface area contributed by atoms with Crippen LogP contribution >= 0.6 is 11.6 Å². The number of carbonyl (C=O) groups excluding carboxylic acids is 1. The molecule has 2 heterocycles. The predicted octanol–water partition coefficient (Wildman–Crippen LogP) is 3.33. The molecule has 0 fully saturated rings. The van der Waals surface area contributed by atoms with Gasteiger partial charge >= 0.3 is 0 Å². The highest BCUT2D eigenvalue weighted by Crippen LogP contribution is 2.33. The number of fused-ring (bicyclic) bond motifs is 1. The zero-order valence-electron chi connectivity index (χ0n) is 14.1. The first-order valence-corrected chi connectivity index (χ1v) is 10.4. The van der Waals surface area contributed by atoms with E-state index in [1.165, 1.54) is 0 Å². The van der Waals surface area contributed by atoms with E-state index in [-0.39, 0.29) is 23.3 Å². The molecule has 1 aromatic carbocycles. The molecule has 0 saturated heterocycles. The summed E-state index contributed by atoms with van der Waals surface area (Å²) in [6.07, 6.45) is 1.43. The summed E-state index contributed by atoms with van der Waals surface area (Å²) in [6.45, 7) is 3.91. The fourth-order valence-electron chi connectivity index (χ4n) is 3.04. The number of nitrogens with one attached hydrogen (secondary N) is 1. The Morgan fingerprint density at radius 3 is 2.68 bits per heavy atom. The molecule has 0 unspecified atom stereocenters. The van der Waals surface area contributed by atoms with Gasteiger partial charge in [-0.25, -0.2) is 13.1 Å². The van der Waals surface area contributed by atoms with Gasteiger partial charge in [-0.1, -0.05) is 31.5 Å². The monoisotopic (exact) mass is 381 g/mol. The molecular weight excluding hydrogens is 362 g/mol. The SMILES string of the molecule is CCC(CC)C(=O)Nc1c2c(nn1-c1cccc(Cl)c1)CS(=O)(=O)C2. The molecule has 0 saturated carbocycles. The van der Waals surface area contributed by atoms with Crippen molar-refractivity contribution in [3.05, 3.63) is 40.5 Å². The van der Waals surface area contributed by atoms with Crippen molar-refractivity contribution in [1.82, 2.24) is 9.78 Å². The molecule has 1 amide bonds. The van der Waals surface area contributed by atoms with Gasteiger partial charge in [0.1, 0.15) is 5.82 Å². The number of hydrogen-bond acceptors (Lipinski definition) is 4. The van der Waals surface area contributed by atoms with E-state index in [2.05, 4.69) is 10.4 Å². The summed E-state index contributed by atoms with van der Waals surface area (Å²) in [5, 5.41) is 7.87. The topological polar surface area (TPSA) is 81.1 Å². The third-order valence-electron chi connectivity index (χ3n) is 4.44. The van der Waals surface area contributed by atoms with Gasteiger partial charge in [-0.15, -0.1) is 0 Å². The molecule has 1 aliphatic heterocycles. The minimum absolute atomic E-state index is 0.107. The number of nitrogens with zero attached hydrogens (tertiary/aromatic N) is 2. The van der Waals surface area contributed by atoms with Crippen LogP contribution in [0.2, 0.25) is 5.02 Å². The maximum absolute atomic E-state index is 12.6. The first-order chi connectivity index (χ1) is 11.8. The van der Waals surface area contributed by atoms with Crippen LogP contribution in [-0.2, 0) is 26.1 Å². The quantitative estimate of drug-likeness (QED) is 0.861. The van der Waals surface area contributed by atoms with Crippen LogP contribution in [0.15, 0.2) is 24.3 Å². The lowest BCUT2D eigenvalue weighted by Crippen LogP contribution is -2.24. The van der Waals surface area contributed by atoms with E-state index in [4.69, 9.17) is 11.6 Å². The zero-order chi connectivity index (χ0) is 18.2. The number of carbonyl (C=O) groups is 1. The standard InChI is InChI=1S/C17H20ClN3O3S/c1-3-11(4-2)17(22)19-16-14-9-25(23,24)10-15(14)20-21(16)13-7-5-6-12(18)8-13/h5-8,11H,3-4,9-10H2,1-2H3,(H,19,22). The van der Waals surface area contributed by atoms with Gasteiger partial charge < -0.3 is 5.32 Å². The fraction of sp³-hybridized carbons (Fsp3) is 0.412. The summed E-state index contributed by atoms with van der Waals surface area (Å²) in [6, 6.07) is 7.07. The van der Waals surface area contributed by atoms with Crippen LogP contribution in [0.1, 0.15) is 37.9 Å². The Morgan fingerprint density at radius 1 is 1.32 bits per heavy atom. The van der Waals surface area contributed by atoms with E-state index < -0.39 is 9.84 Å². The number of amides is 1. The van der Waals surface area contributed by atoms with E-state index >= 15 is 0 Å². The molecule has 8 heteroatoms. The second-order valence-corrected chi connectivity index (χ2v) is 8.70. The van der Waals surface area contributed by atoms with Crippen molar-refractivity contribution in [3.8, 4) is 5.69 Å². The molecule has 0 aliphatic carbocycles. The van der Waals surface area contributed by atoms with E-state index in [9.17, 15) is 13.2 Å². The average molecular weight is 382 g/mol. The van der Waals surface area contributed by atoms with Crippen molar-refractivity contribution in [1.29, 1.82) is 0 Å². The third kappa shape index (κ3) is 3.57. The minimum Gasteiger partial charge on any atom is -0.310 e. The van der Waals surface area contributed by atoms with Crippen molar-refractivity contribution >= 4 is 33.2 Å². The lowest BCUT2D eigenvalue weighted by atomic mass is 10.0. The summed E-state index contributed by atoms with van der Waals surface area (Å²) in [4.78, 5) is 12.6. The summed E-state index contributed by atoms with van der Waals surface area (Å²) >= 11 is 6.06. The van der Waals surface area contributed by atoms with Gasteiger partial charge in [0, 0.05) is 16.5 Å². The summed E-state index contributed by atoms with van der Waals surface area (Å²) in [5.74, 6) is -0.0440. The highest BCUT2D eigenvalue weighted by molar-refractivity contribution is 7.90. The van der Waals surface area contributed by atoms with E-state index in [1.807, 2.05) is 19.9 Å². The maximum Gasteiger partial charge on any atom is 0.228 e. The first-order valence-electron chi connectivity index (χ1n) is 8.22. The number of hydrogen-bond donors (Lipinski definition) is 1. The number of aromatic nitrogens is 2. The van der Waals surface area contributed by atoms with Crippen molar-refractivity contribution in [3.63, 3.8) is 0 Å². The fourth-order valence-corrected chi connectivity index (χ4v) is 4.72. The molecular formula is C17H20ClN3O3S. The van der Waals surface area contributed by atoms with E-state index in [0.717, 1.165) is 0 Å². The van der Waals surface area contributed by atoms with Crippen LogP contribution in [0.4, 0.5) is 5.82 Å². The van der Waals surface area contributed by atoms with Gasteiger partial charge in [0.25, 0.3) is 0 Å². The number of sulfone groups is 1. The lowest BCUT2D eigenvalue weighted by Gasteiger charge is -2.15. The van der Waals surface area contributed by atoms with Crippen LogP contribution in [0.3, 0.4) is 0 Å². The highest BCUT2D eigenvalue weighted by Gasteiger charge is 2.33. The van der Waals surface area contributed by atoms with Gasteiger partial charge in [-0.2, -0.15) is 5.10 Å². The second kappa shape index (κ2) is 6.80. The van der Waals surface area contributed by atoms with Crippen molar-refractivity contribution < 1.29 is 13.2 Å². The van der Waals surface area contributed by atoms with Crippen molar-refractivity contribution in [2.45, 2.75) is 38.2 Å². The molecule has 3 rings (SSSR count). The number of anilines is 1. The van der Waals surface area contributed by atoms with Gasteiger partial charge in [0.15, 0.2) is 9.84 Å². The minimum atomic E-state index is -3.21. The summed E-state index contributed by atoms with van der Waals surface area (Å²) < 4.78 is 25.5. The molecule has 2 aromatic rings. The maximum atomic E-state index is 12.6. The van der Waals surface area contributed by atoms with Crippen LogP contribution < -0.4 is 5.32 Å². The highest BCUT2D eigenvalue weighted by atomic mass is 35.5. The molecule has 1 N–H and O–H groups in total. The Balaban J connectivity index is 2.07. The van der Waals surface area contributed by atoms with E-state index in [1.54, 1.807) is 22.9 Å².